The maximum Gasteiger partial charge on any atom is 1.00 e. The van der Waals surface area contributed by atoms with E-state index in [0.717, 1.165) is 13.0 Å². The summed E-state index contributed by atoms with van der Waals surface area (Å²) in [6, 6.07) is 6.89. The second kappa shape index (κ2) is 9.88. The molecule has 164 valence electrons. The largest absolute Gasteiger partial charge is 1.00 e. The zero-order valence-electron chi connectivity index (χ0n) is 15.4. The van der Waals surface area contributed by atoms with Gasteiger partial charge in [0.05, 0.1) is 0 Å². The van der Waals surface area contributed by atoms with Crippen molar-refractivity contribution in [1.82, 2.24) is 14.8 Å². The van der Waals surface area contributed by atoms with Gasteiger partial charge in [-0.3, -0.25) is 4.98 Å². The van der Waals surface area contributed by atoms with Crippen molar-refractivity contribution in [1.29, 1.82) is 0 Å². The standard InChI is InChI=1S/C16H27N3.Cu.F6P/c1-15(2)19-12-5-10-18(11-6-13-19)14-8-16-7-3-4-9-17-16;;1-7(2,3,4,5)6/h3-4,7,9,15H,5-6,8,10-14H2,1-2H3;;/q;+1;-1. The van der Waals surface area contributed by atoms with E-state index in [9.17, 15) is 25.2 Å². The summed E-state index contributed by atoms with van der Waals surface area (Å²) < 4.78 is 59.2. The molecule has 0 unspecified atom stereocenters. The van der Waals surface area contributed by atoms with Gasteiger partial charge in [-0.15, -0.1) is 0 Å². The molecule has 11 heteroatoms. The monoisotopic (exact) mass is 469 g/mol. The van der Waals surface area contributed by atoms with Gasteiger partial charge >= 0.3 is 50.1 Å². The van der Waals surface area contributed by atoms with Crippen LogP contribution in [0.15, 0.2) is 24.4 Å². The Balaban J connectivity index is 0.000000728. The van der Waals surface area contributed by atoms with Crippen LogP contribution in [0.3, 0.4) is 0 Å². The molecule has 1 aromatic heterocycles. The molecule has 0 aliphatic carbocycles. The number of halogens is 6. The number of pyridine rings is 1. The minimum Gasteiger partial charge on any atom is 1.00 e. The second-order valence-electron chi connectivity index (χ2n) is 6.71. The molecule has 0 saturated carbocycles. The smallest absolute Gasteiger partial charge is 1.00 e. The van der Waals surface area contributed by atoms with Gasteiger partial charge in [0.1, 0.15) is 0 Å². The normalized spacial score (nSPS) is 19.6. The molecule has 0 spiro atoms. The van der Waals surface area contributed by atoms with Crippen LogP contribution in [0.2, 0.25) is 0 Å². The summed E-state index contributed by atoms with van der Waals surface area (Å²) in [7, 11) is -10.7. The van der Waals surface area contributed by atoms with Gasteiger partial charge < -0.3 is 9.80 Å². The Morgan fingerprint density at radius 2 is 1.48 bits per heavy atom. The van der Waals surface area contributed by atoms with Crippen molar-refractivity contribution in [2.75, 3.05) is 32.7 Å². The molecular formula is C16H27CuF6N3P. The molecule has 2 rings (SSSR count). The van der Waals surface area contributed by atoms with E-state index in [1.807, 2.05) is 12.3 Å². The number of hydrogen-bond acceptors (Lipinski definition) is 3. The first-order valence-electron chi connectivity index (χ1n) is 8.63. The molecule has 0 amide bonds. The molecular weight excluding hydrogens is 443 g/mol. The first-order valence-corrected chi connectivity index (χ1v) is 10.7. The quantitative estimate of drug-likeness (QED) is 0.315. The summed E-state index contributed by atoms with van der Waals surface area (Å²) in [6.45, 7) is 10.7. The van der Waals surface area contributed by atoms with Crippen molar-refractivity contribution in [3.63, 3.8) is 0 Å². The van der Waals surface area contributed by atoms with Crippen molar-refractivity contribution in [2.24, 2.45) is 0 Å². The van der Waals surface area contributed by atoms with Gasteiger partial charge in [-0.2, -0.15) is 0 Å². The maximum absolute atomic E-state index is 10.7. The van der Waals surface area contributed by atoms with E-state index in [2.05, 4.69) is 40.8 Å². The molecule has 1 aliphatic rings. The van der Waals surface area contributed by atoms with Gasteiger partial charge in [0, 0.05) is 30.9 Å². The van der Waals surface area contributed by atoms with Crippen LogP contribution in [0.1, 0.15) is 32.4 Å². The second-order valence-corrected chi connectivity index (χ2v) is 8.62. The molecule has 2 heterocycles. The van der Waals surface area contributed by atoms with Crippen LogP contribution in [-0.4, -0.2) is 53.5 Å². The van der Waals surface area contributed by atoms with Crippen molar-refractivity contribution >= 4 is 7.81 Å². The van der Waals surface area contributed by atoms with Crippen molar-refractivity contribution < 1.29 is 42.3 Å². The van der Waals surface area contributed by atoms with Gasteiger partial charge in [-0.05, 0) is 65.0 Å². The van der Waals surface area contributed by atoms with E-state index in [1.54, 1.807) is 0 Å². The zero-order chi connectivity index (χ0) is 19.9. The van der Waals surface area contributed by atoms with Crippen LogP contribution >= 0.6 is 7.81 Å². The van der Waals surface area contributed by atoms with Crippen LogP contribution in [-0.2, 0) is 23.5 Å². The number of rotatable bonds is 4. The molecule has 1 fully saturated rings. The molecule has 1 saturated heterocycles. The summed E-state index contributed by atoms with van der Waals surface area (Å²) in [5, 5.41) is 0. The summed E-state index contributed by atoms with van der Waals surface area (Å²) in [5.41, 5.74) is 1.22. The maximum atomic E-state index is 9.87. The van der Waals surface area contributed by atoms with Crippen molar-refractivity contribution in [3.05, 3.63) is 30.1 Å². The van der Waals surface area contributed by atoms with E-state index < -0.39 is 7.81 Å². The molecule has 3 nitrogen and oxygen atoms in total. The first-order chi connectivity index (χ1) is 11.7. The van der Waals surface area contributed by atoms with Crippen LogP contribution in [0, 0.1) is 0 Å². The van der Waals surface area contributed by atoms with E-state index >= 15 is 0 Å². The molecule has 0 atom stereocenters. The van der Waals surface area contributed by atoms with Gasteiger partial charge in [0.2, 0.25) is 0 Å². The molecule has 1 aromatic rings. The third-order valence-corrected chi connectivity index (χ3v) is 3.98. The van der Waals surface area contributed by atoms with E-state index in [1.165, 1.54) is 44.7 Å². The van der Waals surface area contributed by atoms with Gasteiger partial charge in [-0.1, -0.05) is 6.07 Å². The SMILES string of the molecule is CC(C)N1CCCN(CCc2ccccn2)CCC1.F[P-](F)(F)(F)(F)F.[Cu+]. The molecule has 1 aliphatic heterocycles. The van der Waals surface area contributed by atoms with Gasteiger partial charge in [0.15, 0.2) is 0 Å². The summed E-state index contributed by atoms with van der Waals surface area (Å²) in [4.78, 5) is 9.62. The third-order valence-electron chi connectivity index (χ3n) is 3.98. The Bertz CT molecular complexity index is 520. The van der Waals surface area contributed by atoms with Crippen LogP contribution < -0.4 is 0 Å². The Labute approximate surface area is 167 Å². The van der Waals surface area contributed by atoms with Gasteiger partial charge in [-0.25, -0.2) is 0 Å². The third kappa shape index (κ3) is 17.4. The Morgan fingerprint density at radius 3 is 1.89 bits per heavy atom. The fourth-order valence-electron chi connectivity index (χ4n) is 2.78. The Hall–Kier alpha value is -0.401. The van der Waals surface area contributed by atoms with E-state index in [0.29, 0.717) is 6.04 Å². The minimum atomic E-state index is -10.7. The molecule has 0 bridgehead atoms. The van der Waals surface area contributed by atoms with Gasteiger partial charge in [0.25, 0.3) is 0 Å². The van der Waals surface area contributed by atoms with E-state index in [-0.39, 0.29) is 17.1 Å². The molecule has 0 radical (unpaired) electrons. The fraction of sp³-hybridized carbons (Fsp3) is 0.688. The van der Waals surface area contributed by atoms with Crippen LogP contribution in [0.25, 0.3) is 0 Å². The average Bonchev–Trinajstić information content (AvgIpc) is 2.43. The average molecular weight is 470 g/mol. The Kier molecular flexibility index (Phi) is 9.73. The number of nitrogens with zero attached hydrogens (tertiary/aromatic N) is 3. The molecule has 27 heavy (non-hydrogen) atoms. The van der Waals surface area contributed by atoms with Crippen LogP contribution in [0.4, 0.5) is 25.2 Å². The first kappa shape index (κ1) is 26.6. The molecule has 0 aromatic carbocycles. The minimum absolute atomic E-state index is 0. The zero-order valence-corrected chi connectivity index (χ0v) is 17.2. The summed E-state index contributed by atoms with van der Waals surface area (Å²) >= 11 is 0. The van der Waals surface area contributed by atoms with Crippen LogP contribution in [0.5, 0.6) is 0 Å². The number of hydrogen-bond donors (Lipinski definition) is 0. The predicted octanol–water partition coefficient (Wildman–Crippen LogP) is 5.81. The van der Waals surface area contributed by atoms with Crippen molar-refractivity contribution in [3.8, 4) is 0 Å². The fourth-order valence-corrected chi connectivity index (χ4v) is 2.78. The topological polar surface area (TPSA) is 19.4 Å². The number of aromatic nitrogens is 1. The summed E-state index contributed by atoms with van der Waals surface area (Å²) in [6.07, 6.45) is 5.55. The predicted molar refractivity (Wildman–Crippen MR) is 93.9 cm³/mol. The van der Waals surface area contributed by atoms with E-state index in [4.69, 9.17) is 0 Å². The Morgan fingerprint density at radius 1 is 0.963 bits per heavy atom. The summed E-state index contributed by atoms with van der Waals surface area (Å²) in [5.74, 6) is 0. The molecule has 0 N–H and O–H groups in total. The van der Waals surface area contributed by atoms with Crippen molar-refractivity contribution in [2.45, 2.75) is 39.2 Å².